The molecule has 1 N–H and O–H groups in total. The Kier molecular flexibility index (Phi) is 3.66. The van der Waals surface area contributed by atoms with E-state index in [-0.39, 0.29) is 12.4 Å². The summed E-state index contributed by atoms with van der Waals surface area (Å²) in [6.07, 6.45) is 1.84. The average Bonchev–Trinajstić information content (AvgIpc) is 2.84. The summed E-state index contributed by atoms with van der Waals surface area (Å²) in [5, 5.41) is 14.2. The van der Waals surface area contributed by atoms with Crippen molar-refractivity contribution >= 4 is 10.9 Å². The van der Waals surface area contributed by atoms with Crippen molar-refractivity contribution in [2.45, 2.75) is 27.3 Å². The minimum atomic E-state index is -0.314. The minimum absolute atomic E-state index is 0.0263. The van der Waals surface area contributed by atoms with Gasteiger partial charge in [-0.15, -0.1) is 0 Å². The van der Waals surface area contributed by atoms with Gasteiger partial charge in [0.2, 0.25) is 0 Å². The molecule has 0 spiro atoms. The Labute approximate surface area is 128 Å². The zero-order valence-corrected chi connectivity index (χ0v) is 12.9. The van der Waals surface area contributed by atoms with Crippen LogP contribution in [0.4, 0.5) is 4.39 Å². The van der Waals surface area contributed by atoms with Crippen molar-refractivity contribution in [3.63, 3.8) is 0 Å². The van der Waals surface area contributed by atoms with E-state index in [2.05, 4.69) is 10.1 Å². The zero-order valence-electron chi connectivity index (χ0n) is 12.9. The number of benzene rings is 1. The number of aliphatic hydroxyl groups is 1. The van der Waals surface area contributed by atoms with Gasteiger partial charge in [-0.05, 0) is 44.0 Å². The van der Waals surface area contributed by atoms with E-state index >= 15 is 0 Å². The van der Waals surface area contributed by atoms with E-state index in [0.29, 0.717) is 17.8 Å². The van der Waals surface area contributed by atoms with Gasteiger partial charge >= 0.3 is 0 Å². The van der Waals surface area contributed by atoms with Crippen molar-refractivity contribution in [2.75, 3.05) is 6.61 Å². The van der Waals surface area contributed by atoms with Crippen molar-refractivity contribution in [1.82, 2.24) is 14.8 Å². The van der Waals surface area contributed by atoms with Crippen molar-refractivity contribution in [3.8, 4) is 11.3 Å². The molecule has 0 atom stereocenters. The van der Waals surface area contributed by atoms with Gasteiger partial charge in [0.1, 0.15) is 11.3 Å². The lowest BCUT2D eigenvalue weighted by atomic mass is 10.0. The fourth-order valence-corrected chi connectivity index (χ4v) is 2.83. The highest BCUT2D eigenvalue weighted by Gasteiger charge is 2.14. The number of fused-ring (bicyclic) bond motifs is 1. The molecule has 22 heavy (non-hydrogen) atoms. The zero-order chi connectivity index (χ0) is 15.9. The first-order chi connectivity index (χ1) is 10.5. The van der Waals surface area contributed by atoms with Gasteiger partial charge in [0.25, 0.3) is 0 Å². The third kappa shape index (κ3) is 2.37. The summed E-state index contributed by atoms with van der Waals surface area (Å²) in [6.45, 7) is 6.27. The molecular formula is C17H18FN3O. The second-order valence-electron chi connectivity index (χ2n) is 5.53. The number of pyridine rings is 1. The average molecular weight is 299 g/mol. The monoisotopic (exact) mass is 299 g/mol. The molecule has 1 aromatic carbocycles. The molecule has 3 aromatic rings. The van der Waals surface area contributed by atoms with Crippen molar-refractivity contribution < 1.29 is 9.50 Å². The standard InChI is InChI=1S/C17H18FN3O/c1-10-4-5-14(18)17-16(10)11(2)8-15(19-17)13-9-21(6-7-22)20-12(13)3/h4-5,8-9,22H,6-7H2,1-3H3. The second-order valence-corrected chi connectivity index (χ2v) is 5.53. The number of aromatic nitrogens is 3. The van der Waals surface area contributed by atoms with E-state index in [1.165, 1.54) is 6.07 Å². The number of nitrogens with zero attached hydrogens (tertiary/aromatic N) is 3. The normalized spacial score (nSPS) is 11.3. The summed E-state index contributed by atoms with van der Waals surface area (Å²) in [4.78, 5) is 4.51. The molecule has 2 aromatic heterocycles. The summed E-state index contributed by atoms with van der Waals surface area (Å²) in [6, 6.07) is 5.19. The van der Waals surface area contributed by atoms with Crippen LogP contribution in [0.15, 0.2) is 24.4 Å². The van der Waals surface area contributed by atoms with Crippen molar-refractivity contribution in [3.05, 3.63) is 47.0 Å². The minimum Gasteiger partial charge on any atom is -0.394 e. The molecular weight excluding hydrogens is 281 g/mol. The molecule has 0 aliphatic rings. The molecule has 4 nitrogen and oxygen atoms in total. The molecule has 0 amide bonds. The van der Waals surface area contributed by atoms with Gasteiger partial charge in [-0.2, -0.15) is 5.10 Å². The SMILES string of the molecule is Cc1nn(CCO)cc1-c1cc(C)c2c(C)ccc(F)c2n1. The maximum absolute atomic E-state index is 14.2. The van der Waals surface area contributed by atoms with E-state index in [4.69, 9.17) is 5.11 Å². The molecule has 0 fully saturated rings. The molecule has 0 bridgehead atoms. The van der Waals surface area contributed by atoms with Gasteiger partial charge in [-0.3, -0.25) is 4.68 Å². The van der Waals surface area contributed by atoms with Crippen LogP contribution in [0, 0.1) is 26.6 Å². The first kappa shape index (κ1) is 14.7. The largest absolute Gasteiger partial charge is 0.394 e. The van der Waals surface area contributed by atoms with Crippen LogP contribution in [-0.4, -0.2) is 26.5 Å². The first-order valence-electron chi connectivity index (χ1n) is 7.23. The van der Waals surface area contributed by atoms with E-state index < -0.39 is 0 Å². The molecule has 114 valence electrons. The van der Waals surface area contributed by atoms with Crippen molar-refractivity contribution in [2.24, 2.45) is 0 Å². The third-order valence-electron chi connectivity index (χ3n) is 3.87. The Hall–Kier alpha value is -2.27. The molecule has 0 radical (unpaired) electrons. The molecule has 2 heterocycles. The van der Waals surface area contributed by atoms with Gasteiger partial charge in [-0.25, -0.2) is 9.37 Å². The Morgan fingerprint density at radius 2 is 1.95 bits per heavy atom. The fraction of sp³-hybridized carbons (Fsp3) is 0.294. The lowest BCUT2D eigenvalue weighted by Gasteiger charge is -2.09. The van der Waals surface area contributed by atoms with Crippen LogP contribution < -0.4 is 0 Å². The number of rotatable bonds is 3. The Balaban J connectivity index is 2.22. The Morgan fingerprint density at radius 3 is 2.68 bits per heavy atom. The lowest BCUT2D eigenvalue weighted by molar-refractivity contribution is 0.269. The number of aliphatic hydroxyl groups excluding tert-OH is 1. The summed E-state index contributed by atoms with van der Waals surface area (Å²) >= 11 is 0. The predicted molar refractivity (Wildman–Crippen MR) is 84.2 cm³/mol. The van der Waals surface area contributed by atoms with E-state index in [1.54, 1.807) is 10.7 Å². The van der Waals surface area contributed by atoms with E-state index in [0.717, 1.165) is 27.8 Å². The number of hydrogen-bond acceptors (Lipinski definition) is 3. The molecule has 0 aliphatic heterocycles. The Morgan fingerprint density at radius 1 is 1.18 bits per heavy atom. The van der Waals surface area contributed by atoms with Crippen LogP contribution in [0.2, 0.25) is 0 Å². The maximum Gasteiger partial charge on any atom is 0.149 e. The van der Waals surface area contributed by atoms with Crippen LogP contribution in [0.5, 0.6) is 0 Å². The van der Waals surface area contributed by atoms with Gasteiger partial charge < -0.3 is 5.11 Å². The van der Waals surface area contributed by atoms with E-state index in [9.17, 15) is 4.39 Å². The maximum atomic E-state index is 14.2. The molecule has 0 saturated heterocycles. The van der Waals surface area contributed by atoms with Crippen LogP contribution in [0.3, 0.4) is 0 Å². The summed E-state index contributed by atoms with van der Waals surface area (Å²) in [7, 11) is 0. The molecule has 3 rings (SSSR count). The summed E-state index contributed by atoms with van der Waals surface area (Å²) in [5.74, 6) is -0.314. The number of hydrogen-bond donors (Lipinski definition) is 1. The smallest absolute Gasteiger partial charge is 0.149 e. The topological polar surface area (TPSA) is 50.9 Å². The predicted octanol–water partition coefficient (Wildman–Crippen LogP) is 3.15. The lowest BCUT2D eigenvalue weighted by Crippen LogP contribution is -2.02. The molecule has 0 saturated carbocycles. The van der Waals surface area contributed by atoms with Crippen LogP contribution >= 0.6 is 0 Å². The Bertz CT molecular complexity index is 855. The third-order valence-corrected chi connectivity index (χ3v) is 3.87. The fourth-order valence-electron chi connectivity index (χ4n) is 2.83. The van der Waals surface area contributed by atoms with Crippen molar-refractivity contribution in [1.29, 1.82) is 0 Å². The summed E-state index contributed by atoms with van der Waals surface area (Å²) < 4.78 is 15.8. The first-order valence-corrected chi connectivity index (χ1v) is 7.23. The molecule has 0 aliphatic carbocycles. The van der Waals surface area contributed by atoms with Gasteiger partial charge in [0.05, 0.1) is 24.5 Å². The quantitative estimate of drug-likeness (QED) is 0.808. The van der Waals surface area contributed by atoms with Gasteiger partial charge in [0.15, 0.2) is 0 Å². The van der Waals surface area contributed by atoms with Crippen LogP contribution in [0.25, 0.3) is 22.2 Å². The number of halogens is 1. The van der Waals surface area contributed by atoms with Gasteiger partial charge in [-0.1, -0.05) is 6.07 Å². The van der Waals surface area contributed by atoms with Crippen LogP contribution in [-0.2, 0) is 6.54 Å². The van der Waals surface area contributed by atoms with E-state index in [1.807, 2.05) is 33.0 Å². The molecule has 5 heteroatoms. The molecule has 0 unspecified atom stereocenters. The van der Waals surface area contributed by atoms with Gasteiger partial charge in [0, 0.05) is 17.1 Å². The number of aryl methyl sites for hydroxylation is 3. The highest BCUT2D eigenvalue weighted by Crippen LogP contribution is 2.29. The highest BCUT2D eigenvalue weighted by atomic mass is 19.1. The summed E-state index contributed by atoms with van der Waals surface area (Å²) in [5.41, 5.74) is 4.78. The van der Waals surface area contributed by atoms with Crippen LogP contribution in [0.1, 0.15) is 16.8 Å². The highest BCUT2D eigenvalue weighted by molar-refractivity contribution is 5.88. The second kappa shape index (κ2) is 5.50.